The normalized spacial score (nSPS) is 11.2. The first-order valence-electron chi connectivity index (χ1n) is 6.74. The summed E-state index contributed by atoms with van der Waals surface area (Å²) in [6.07, 6.45) is 1.19. The van der Waals surface area contributed by atoms with Crippen LogP contribution in [0.4, 0.5) is 0 Å². The van der Waals surface area contributed by atoms with Gasteiger partial charge in [-0.25, -0.2) is 0 Å². The predicted molar refractivity (Wildman–Crippen MR) is 83.5 cm³/mol. The summed E-state index contributed by atoms with van der Waals surface area (Å²) in [5.41, 5.74) is 2.84. The van der Waals surface area contributed by atoms with Crippen molar-refractivity contribution in [3.05, 3.63) is 71.3 Å². The van der Waals surface area contributed by atoms with Crippen molar-refractivity contribution in [3.63, 3.8) is 0 Å². The van der Waals surface area contributed by atoms with E-state index in [4.69, 9.17) is 4.74 Å². The fraction of sp³-hybridized carbons (Fsp3) is 0.167. The third kappa shape index (κ3) is 4.49. The fourth-order valence-corrected chi connectivity index (χ4v) is 1.79. The molecule has 2 aromatic carbocycles. The highest BCUT2D eigenvalue weighted by atomic mass is 16.5. The summed E-state index contributed by atoms with van der Waals surface area (Å²) in [6.45, 7) is 3.85. The second-order valence-electron chi connectivity index (χ2n) is 4.96. The van der Waals surface area contributed by atoms with Gasteiger partial charge in [-0.3, -0.25) is 4.79 Å². The molecule has 1 N–H and O–H groups in total. The Labute approximate surface area is 124 Å². The molecule has 3 heteroatoms. The summed E-state index contributed by atoms with van der Waals surface area (Å²) in [5.74, 6) is 0.304. The van der Waals surface area contributed by atoms with Gasteiger partial charge in [0.2, 0.25) is 0 Å². The molecule has 0 unspecified atom stereocenters. The van der Waals surface area contributed by atoms with Gasteiger partial charge in [-0.05, 0) is 26.0 Å². The van der Waals surface area contributed by atoms with Crippen LogP contribution in [0, 0.1) is 13.8 Å². The zero-order valence-electron chi connectivity index (χ0n) is 12.2. The van der Waals surface area contributed by atoms with E-state index in [0.29, 0.717) is 11.3 Å². The number of carbonyl (C=O) groups excluding carboxylic acids is 1. The second-order valence-corrected chi connectivity index (χ2v) is 4.96. The molecule has 108 valence electrons. The number of carbonyl (C=O) groups is 1. The number of aliphatic hydroxyl groups is 1. The van der Waals surface area contributed by atoms with Crippen LogP contribution in [0.1, 0.15) is 16.7 Å². The first-order chi connectivity index (χ1) is 10.0. The monoisotopic (exact) mass is 282 g/mol. The molecule has 0 heterocycles. The van der Waals surface area contributed by atoms with Crippen molar-refractivity contribution in [2.24, 2.45) is 0 Å². The van der Waals surface area contributed by atoms with Gasteiger partial charge >= 0.3 is 0 Å². The van der Waals surface area contributed by atoms with E-state index in [-0.39, 0.29) is 18.1 Å². The fourth-order valence-electron chi connectivity index (χ4n) is 1.79. The average molecular weight is 282 g/mol. The molecular weight excluding hydrogens is 264 g/mol. The Kier molecular flexibility index (Phi) is 4.77. The Balaban J connectivity index is 1.95. The second kappa shape index (κ2) is 6.75. The summed E-state index contributed by atoms with van der Waals surface area (Å²) >= 11 is 0. The molecular formula is C18H18O3. The molecule has 0 aliphatic heterocycles. The Morgan fingerprint density at radius 3 is 2.10 bits per heavy atom. The summed E-state index contributed by atoms with van der Waals surface area (Å²) in [4.78, 5) is 11.8. The highest BCUT2D eigenvalue weighted by Gasteiger charge is 2.04. The lowest BCUT2D eigenvalue weighted by molar-refractivity contribution is -0.116. The van der Waals surface area contributed by atoms with E-state index < -0.39 is 0 Å². The molecule has 0 fully saturated rings. The molecule has 3 nitrogen and oxygen atoms in total. The number of ketones is 1. The maximum Gasteiger partial charge on any atom is 0.196 e. The third-order valence-electron chi connectivity index (χ3n) is 3.05. The van der Waals surface area contributed by atoms with Gasteiger partial charge in [0, 0.05) is 11.6 Å². The van der Waals surface area contributed by atoms with Crippen LogP contribution in [0.5, 0.6) is 5.75 Å². The van der Waals surface area contributed by atoms with Crippen molar-refractivity contribution in [2.75, 3.05) is 6.61 Å². The number of rotatable bonds is 5. The quantitative estimate of drug-likeness (QED) is 0.669. The van der Waals surface area contributed by atoms with Crippen LogP contribution in [-0.2, 0) is 4.79 Å². The summed E-state index contributed by atoms with van der Waals surface area (Å²) in [6, 6.07) is 14.8. The van der Waals surface area contributed by atoms with Gasteiger partial charge in [-0.2, -0.15) is 0 Å². The zero-order chi connectivity index (χ0) is 15.2. The number of benzene rings is 2. The summed E-state index contributed by atoms with van der Waals surface area (Å²) in [7, 11) is 0. The molecule has 0 saturated heterocycles. The third-order valence-corrected chi connectivity index (χ3v) is 3.05. The minimum Gasteiger partial charge on any atom is -0.507 e. The smallest absolute Gasteiger partial charge is 0.196 e. The Hall–Kier alpha value is -2.55. The number of hydrogen-bond acceptors (Lipinski definition) is 3. The molecule has 0 aromatic heterocycles. The van der Waals surface area contributed by atoms with Crippen LogP contribution >= 0.6 is 0 Å². The van der Waals surface area contributed by atoms with Gasteiger partial charge in [0.1, 0.15) is 11.5 Å². The number of hydrogen-bond donors (Lipinski definition) is 1. The van der Waals surface area contributed by atoms with Crippen molar-refractivity contribution in [1.29, 1.82) is 0 Å². The van der Waals surface area contributed by atoms with E-state index >= 15 is 0 Å². The number of ether oxygens (including phenoxy) is 1. The van der Waals surface area contributed by atoms with Crippen molar-refractivity contribution in [3.8, 4) is 5.75 Å². The van der Waals surface area contributed by atoms with Crippen LogP contribution in [0.3, 0.4) is 0 Å². The van der Waals surface area contributed by atoms with Crippen molar-refractivity contribution in [2.45, 2.75) is 13.8 Å². The molecule has 2 rings (SSSR count). The standard InChI is InChI=1S/C18H18O3/c1-13-3-7-15(8-4-13)18(20)11-16(19)12-21-17-9-5-14(2)6-10-17/h3-11,20H,12H2,1-2H3/b18-11-. The van der Waals surface area contributed by atoms with E-state index in [9.17, 15) is 9.90 Å². The molecule has 0 saturated carbocycles. The van der Waals surface area contributed by atoms with Gasteiger partial charge in [0.25, 0.3) is 0 Å². The molecule has 0 bridgehead atoms. The lowest BCUT2D eigenvalue weighted by Crippen LogP contribution is -2.09. The lowest BCUT2D eigenvalue weighted by Gasteiger charge is -2.05. The van der Waals surface area contributed by atoms with Crippen LogP contribution in [0.2, 0.25) is 0 Å². The van der Waals surface area contributed by atoms with Crippen molar-refractivity contribution in [1.82, 2.24) is 0 Å². The predicted octanol–water partition coefficient (Wildman–Crippen LogP) is 3.85. The molecule has 0 radical (unpaired) electrons. The molecule has 21 heavy (non-hydrogen) atoms. The van der Waals surface area contributed by atoms with Gasteiger partial charge in [0.15, 0.2) is 12.4 Å². The van der Waals surface area contributed by atoms with E-state index in [1.54, 1.807) is 12.1 Å². The maximum absolute atomic E-state index is 11.8. The van der Waals surface area contributed by atoms with Crippen LogP contribution < -0.4 is 4.74 Å². The summed E-state index contributed by atoms with van der Waals surface area (Å²) < 4.78 is 5.37. The molecule has 0 aliphatic carbocycles. The highest BCUT2D eigenvalue weighted by molar-refractivity contribution is 5.96. The topological polar surface area (TPSA) is 46.5 Å². The SMILES string of the molecule is Cc1ccc(OCC(=O)/C=C(\O)c2ccc(C)cc2)cc1. The molecule has 0 spiro atoms. The first kappa shape index (κ1) is 14.9. The van der Waals surface area contributed by atoms with Crippen LogP contribution in [-0.4, -0.2) is 17.5 Å². The zero-order valence-corrected chi connectivity index (χ0v) is 12.2. The van der Waals surface area contributed by atoms with Crippen molar-refractivity contribution < 1.29 is 14.6 Å². The average Bonchev–Trinajstić information content (AvgIpc) is 2.47. The highest BCUT2D eigenvalue weighted by Crippen LogP contribution is 2.13. The van der Waals surface area contributed by atoms with E-state index in [1.807, 2.05) is 50.2 Å². The largest absolute Gasteiger partial charge is 0.507 e. The Bertz CT molecular complexity index is 637. The minimum atomic E-state index is -0.284. The van der Waals surface area contributed by atoms with Gasteiger partial charge in [-0.1, -0.05) is 47.5 Å². The number of aliphatic hydroxyl groups excluding tert-OH is 1. The number of aryl methyl sites for hydroxylation is 2. The summed E-state index contributed by atoms with van der Waals surface area (Å²) in [5, 5.41) is 9.90. The van der Waals surface area contributed by atoms with Crippen LogP contribution in [0.15, 0.2) is 54.6 Å². The molecule has 2 aromatic rings. The first-order valence-corrected chi connectivity index (χ1v) is 6.74. The van der Waals surface area contributed by atoms with Gasteiger partial charge in [-0.15, -0.1) is 0 Å². The van der Waals surface area contributed by atoms with Crippen molar-refractivity contribution >= 4 is 11.5 Å². The Morgan fingerprint density at radius 1 is 1.00 bits per heavy atom. The molecule has 0 atom stereocenters. The molecule has 0 aliphatic rings. The van der Waals surface area contributed by atoms with E-state index in [2.05, 4.69) is 0 Å². The minimum absolute atomic E-state index is 0.0486. The van der Waals surface area contributed by atoms with E-state index in [0.717, 1.165) is 11.1 Å². The Morgan fingerprint density at radius 2 is 1.52 bits per heavy atom. The van der Waals surface area contributed by atoms with Gasteiger partial charge < -0.3 is 9.84 Å². The van der Waals surface area contributed by atoms with Crippen LogP contribution in [0.25, 0.3) is 5.76 Å². The lowest BCUT2D eigenvalue weighted by atomic mass is 10.1. The van der Waals surface area contributed by atoms with Gasteiger partial charge in [0.05, 0.1) is 0 Å². The van der Waals surface area contributed by atoms with E-state index in [1.165, 1.54) is 6.08 Å². The molecule has 0 amide bonds. The maximum atomic E-state index is 11.8.